The zero-order valence-corrected chi connectivity index (χ0v) is 14.7. The Hall–Kier alpha value is -2.62. The lowest BCUT2D eigenvalue weighted by Crippen LogP contribution is -2.14. The molecule has 0 aromatic heterocycles. The van der Waals surface area contributed by atoms with Gasteiger partial charge in [-0.2, -0.15) is 0 Å². The SMILES string of the molecule is CCCCC(=O)C[C](C)Nc1ccccc1OC(=O)c1ccccc1. The molecule has 4 nitrogen and oxygen atoms in total. The van der Waals surface area contributed by atoms with Crippen molar-refractivity contribution in [3.05, 3.63) is 66.2 Å². The first kappa shape index (κ1) is 18.7. The second-order valence-electron chi connectivity index (χ2n) is 5.98. The molecule has 2 aromatic carbocycles. The number of ether oxygens (including phenoxy) is 1. The average Bonchev–Trinajstić information content (AvgIpc) is 2.62. The van der Waals surface area contributed by atoms with E-state index in [1.54, 1.807) is 36.4 Å². The summed E-state index contributed by atoms with van der Waals surface area (Å²) in [5.41, 5.74) is 1.17. The van der Waals surface area contributed by atoms with Gasteiger partial charge in [0.05, 0.1) is 17.3 Å². The van der Waals surface area contributed by atoms with Gasteiger partial charge >= 0.3 is 5.97 Å². The second kappa shape index (κ2) is 9.62. The molecule has 25 heavy (non-hydrogen) atoms. The van der Waals surface area contributed by atoms with Gasteiger partial charge < -0.3 is 10.1 Å². The van der Waals surface area contributed by atoms with Gasteiger partial charge in [-0.25, -0.2) is 4.79 Å². The molecule has 0 amide bonds. The maximum absolute atomic E-state index is 12.2. The minimum Gasteiger partial charge on any atom is -0.421 e. The zero-order valence-electron chi connectivity index (χ0n) is 14.7. The molecule has 0 spiro atoms. The fourth-order valence-electron chi connectivity index (χ4n) is 2.42. The molecule has 0 aliphatic rings. The lowest BCUT2D eigenvalue weighted by atomic mass is 10.1. The van der Waals surface area contributed by atoms with Crippen LogP contribution in [-0.2, 0) is 4.79 Å². The third kappa shape index (κ3) is 6.07. The molecule has 0 fully saturated rings. The monoisotopic (exact) mass is 338 g/mol. The van der Waals surface area contributed by atoms with Crippen LogP contribution in [0.3, 0.4) is 0 Å². The molecule has 0 unspecified atom stereocenters. The van der Waals surface area contributed by atoms with E-state index in [-0.39, 0.29) is 5.78 Å². The van der Waals surface area contributed by atoms with Gasteiger partial charge in [0, 0.05) is 12.8 Å². The Balaban J connectivity index is 2.00. The first-order valence-electron chi connectivity index (χ1n) is 8.57. The normalized spacial score (nSPS) is 10.5. The topological polar surface area (TPSA) is 55.4 Å². The van der Waals surface area contributed by atoms with Gasteiger partial charge in [-0.1, -0.05) is 43.7 Å². The van der Waals surface area contributed by atoms with Crippen LogP contribution < -0.4 is 10.1 Å². The van der Waals surface area contributed by atoms with Crippen LogP contribution in [0.2, 0.25) is 0 Å². The number of para-hydroxylation sites is 2. The number of unbranched alkanes of at least 4 members (excludes halogenated alkanes) is 1. The Labute approximate surface area is 149 Å². The van der Waals surface area contributed by atoms with E-state index in [0.29, 0.717) is 29.8 Å². The largest absolute Gasteiger partial charge is 0.421 e. The number of esters is 1. The number of carbonyl (C=O) groups is 2. The minimum atomic E-state index is -0.411. The molecule has 1 N–H and O–H groups in total. The van der Waals surface area contributed by atoms with Gasteiger partial charge in [0.2, 0.25) is 0 Å². The molecular weight excluding hydrogens is 314 g/mol. The number of anilines is 1. The highest BCUT2D eigenvalue weighted by molar-refractivity contribution is 5.91. The summed E-state index contributed by atoms with van der Waals surface area (Å²) in [7, 11) is 0. The molecular formula is C21H24NO3. The molecule has 4 heteroatoms. The Morgan fingerprint density at radius 3 is 2.40 bits per heavy atom. The molecule has 0 aliphatic heterocycles. The van der Waals surface area contributed by atoms with Crippen molar-refractivity contribution in [1.29, 1.82) is 0 Å². The molecule has 2 aromatic rings. The summed E-state index contributed by atoms with van der Waals surface area (Å²) < 4.78 is 5.50. The lowest BCUT2D eigenvalue weighted by molar-refractivity contribution is -0.118. The van der Waals surface area contributed by atoms with Crippen LogP contribution in [0.1, 0.15) is 49.9 Å². The molecule has 0 saturated heterocycles. The van der Waals surface area contributed by atoms with Crippen LogP contribution in [0.5, 0.6) is 5.75 Å². The number of nitrogens with one attached hydrogen (secondary N) is 1. The van der Waals surface area contributed by atoms with E-state index in [1.165, 1.54) is 0 Å². The van der Waals surface area contributed by atoms with Crippen molar-refractivity contribution in [2.24, 2.45) is 0 Å². The summed E-state index contributed by atoms with van der Waals surface area (Å²) in [4.78, 5) is 24.1. The van der Waals surface area contributed by atoms with Gasteiger partial charge in [0.25, 0.3) is 0 Å². The van der Waals surface area contributed by atoms with Crippen LogP contribution in [0.25, 0.3) is 0 Å². The second-order valence-corrected chi connectivity index (χ2v) is 5.98. The van der Waals surface area contributed by atoms with E-state index in [4.69, 9.17) is 4.74 Å². The predicted octanol–water partition coefficient (Wildman–Crippen LogP) is 5.02. The Kier molecular flexibility index (Phi) is 7.20. The third-order valence-electron chi connectivity index (χ3n) is 3.72. The number of hydrogen-bond donors (Lipinski definition) is 1. The highest BCUT2D eigenvalue weighted by Gasteiger charge is 2.14. The number of ketones is 1. The average molecular weight is 338 g/mol. The highest BCUT2D eigenvalue weighted by Crippen LogP contribution is 2.27. The fourth-order valence-corrected chi connectivity index (χ4v) is 2.42. The van der Waals surface area contributed by atoms with E-state index in [9.17, 15) is 9.59 Å². The van der Waals surface area contributed by atoms with Crippen molar-refractivity contribution in [3.8, 4) is 5.75 Å². The molecule has 0 heterocycles. The van der Waals surface area contributed by atoms with E-state index in [2.05, 4.69) is 12.2 Å². The van der Waals surface area contributed by atoms with Crippen LogP contribution in [0, 0.1) is 6.04 Å². The summed E-state index contributed by atoms with van der Waals surface area (Å²) in [6.45, 7) is 3.94. The molecule has 0 bridgehead atoms. The van der Waals surface area contributed by atoms with Crippen molar-refractivity contribution in [1.82, 2.24) is 0 Å². The molecule has 0 aliphatic carbocycles. The van der Waals surface area contributed by atoms with E-state index < -0.39 is 5.97 Å². The first-order chi connectivity index (χ1) is 12.1. The van der Waals surface area contributed by atoms with Crippen molar-refractivity contribution >= 4 is 17.4 Å². The fraction of sp³-hybridized carbons (Fsp3) is 0.286. The first-order valence-corrected chi connectivity index (χ1v) is 8.57. The summed E-state index contributed by atoms with van der Waals surface area (Å²) in [6, 6.07) is 16.9. The molecule has 0 atom stereocenters. The Bertz CT molecular complexity index is 697. The maximum atomic E-state index is 12.2. The van der Waals surface area contributed by atoms with Crippen molar-refractivity contribution < 1.29 is 14.3 Å². The van der Waals surface area contributed by atoms with Gasteiger partial charge in [-0.05, 0) is 37.6 Å². The van der Waals surface area contributed by atoms with Crippen LogP contribution >= 0.6 is 0 Å². The van der Waals surface area contributed by atoms with Gasteiger partial charge in [0.15, 0.2) is 5.75 Å². The summed E-state index contributed by atoms with van der Waals surface area (Å²) in [6.07, 6.45) is 2.90. The van der Waals surface area contributed by atoms with Crippen molar-refractivity contribution in [3.63, 3.8) is 0 Å². The van der Waals surface area contributed by atoms with Crippen LogP contribution in [0.15, 0.2) is 54.6 Å². The highest BCUT2D eigenvalue weighted by atomic mass is 16.5. The number of carbonyl (C=O) groups excluding carboxylic acids is 2. The smallest absolute Gasteiger partial charge is 0.343 e. The lowest BCUT2D eigenvalue weighted by Gasteiger charge is -2.16. The number of Topliss-reactive ketones (excluding diaryl/α,β-unsaturated/α-hetero) is 1. The molecule has 131 valence electrons. The van der Waals surface area contributed by atoms with E-state index >= 15 is 0 Å². The third-order valence-corrected chi connectivity index (χ3v) is 3.72. The minimum absolute atomic E-state index is 0.214. The molecule has 0 saturated carbocycles. The van der Waals surface area contributed by atoms with Crippen molar-refractivity contribution in [2.45, 2.75) is 39.5 Å². The Morgan fingerprint density at radius 1 is 1.00 bits per heavy atom. The molecule has 1 radical (unpaired) electrons. The predicted molar refractivity (Wildman–Crippen MR) is 99.5 cm³/mol. The quantitative estimate of drug-likeness (QED) is 0.515. The molecule has 2 rings (SSSR count). The van der Waals surface area contributed by atoms with Crippen LogP contribution in [0.4, 0.5) is 5.69 Å². The number of rotatable bonds is 9. The summed E-state index contributed by atoms with van der Waals surface area (Å²) in [5.74, 6) is 0.244. The standard InChI is InChI=1S/C21H24NO3/c1-3-4-12-18(23)15-16(2)22-19-13-8-9-14-20(19)25-21(24)17-10-6-5-7-11-17/h5-11,13-14,22H,3-4,12,15H2,1-2H3. The van der Waals surface area contributed by atoms with Gasteiger partial charge in [-0.15, -0.1) is 0 Å². The summed E-state index contributed by atoms with van der Waals surface area (Å²) in [5, 5.41) is 3.19. The number of benzene rings is 2. The Morgan fingerprint density at radius 2 is 1.68 bits per heavy atom. The van der Waals surface area contributed by atoms with Gasteiger partial charge in [0.1, 0.15) is 5.78 Å². The van der Waals surface area contributed by atoms with E-state index in [0.717, 1.165) is 18.9 Å². The van der Waals surface area contributed by atoms with Gasteiger partial charge in [-0.3, -0.25) is 4.79 Å². The van der Waals surface area contributed by atoms with Crippen LogP contribution in [-0.4, -0.2) is 11.8 Å². The number of hydrogen-bond acceptors (Lipinski definition) is 4. The van der Waals surface area contributed by atoms with E-state index in [1.807, 2.05) is 25.1 Å². The maximum Gasteiger partial charge on any atom is 0.343 e. The zero-order chi connectivity index (χ0) is 18.1. The summed E-state index contributed by atoms with van der Waals surface area (Å²) >= 11 is 0. The van der Waals surface area contributed by atoms with Crippen molar-refractivity contribution in [2.75, 3.05) is 5.32 Å².